The number of carbonyl (C=O) groups excluding carboxylic acids is 2. The van der Waals surface area contributed by atoms with Gasteiger partial charge in [0.05, 0.1) is 25.8 Å². The molecule has 1 fully saturated rings. The molecule has 172 valence electrons. The molecule has 3 aromatic rings. The molecule has 10 heteroatoms. The van der Waals surface area contributed by atoms with Crippen molar-refractivity contribution in [3.63, 3.8) is 0 Å². The quantitative estimate of drug-likeness (QED) is 0.586. The molecule has 1 N–H and O–H groups in total. The summed E-state index contributed by atoms with van der Waals surface area (Å²) in [6.07, 6.45) is -0.0303. The summed E-state index contributed by atoms with van der Waals surface area (Å²) < 4.78 is 23.9. The van der Waals surface area contributed by atoms with Crippen molar-refractivity contribution in [1.29, 1.82) is 0 Å². The van der Waals surface area contributed by atoms with E-state index in [0.717, 1.165) is 0 Å². The highest BCUT2D eigenvalue weighted by Crippen LogP contribution is 2.23. The van der Waals surface area contributed by atoms with Crippen LogP contribution in [0.1, 0.15) is 22.1 Å². The summed E-state index contributed by atoms with van der Waals surface area (Å²) in [6.45, 7) is 2.68. The summed E-state index contributed by atoms with van der Waals surface area (Å²) in [5.41, 5.74) is 0.913. The minimum absolute atomic E-state index is 0.0303. The molecule has 2 aromatic carbocycles. The Balaban J connectivity index is 1.26. The van der Waals surface area contributed by atoms with Crippen molar-refractivity contribution in [3.8, 4) is 5.75 Å². The van der Waals surface area contributed by atoms with Crippen LogP contribution in [0.3, 0.4) is 0 Å². The first-order valence-electron chi connectivity index (χ1n) is 10.5. The zero-order valence-corrected chi connectivity index (χ0v) is 18.2. The third kappa shape index (κ3) is 5.72. The van der Waals surface area contributed by atoms with Gasteiger partial charge in [0.25, 0.3) is 5.91 Å². The van der Waals surface area contributed by atoms with Gasteiger partial charge in [0, 0.05) is 31.7 Å². The lowest BCUT2D eigenvalue weighted by atomic mass is 10.1. The monoisotopic (exact) mass is 453 g/mol. The molecule has 0 spiro atoms. The number of anilines is 1. The molecule has 33 heavy (non-hydrogen) atoms. The van der Waals surface area contributed by atoms with Gasteiger partial charge in [-0.2, -0.15) is 4.98 Å². The molecule has 0 aliphatic carbocycles. The molecule has 4 rings (SSSR count). The van der Waals surface area contributed by atoms with Crippen molar-refractivity contribution in [2.24, 2.45) is 0 Å². The molecule has 0 atom stereocenters. The number of ether oxygens (including phenoxy) is 1. The highest BCUT2D eigenvalue weighted by Gasteiger charge is 2.24. The van der Waals surface area contributed by atoms with Crippen molar-refractivity contribution in [3.05, 3.63) is 71.6 Å². The minimum atomic E-state index is -0.428. The molecule has 1 aliphatic rings. The van der Waals surface area contributed by atoms with Gasteiger partial charge in [-0.25, -0.2) is 4.39 Å². The maximum atomic E-state index is 13.4. The lowest BCUT2D eigenvalue weighted by molar-refractivity contribution is -0.115. The van der Waals surface area contributed by atoms with Gasteiger partial charge in [-0.05, 0) is 30.3 Å². The van der Waals surface area contributed by atoms with Crippen LogP contribution in [0.4, 0.5) is 10.1 Å². The predicted octanol–water partition coefficient (Wildman–Crippen LogP) is 2.36. The number of rotatable bonds is 7. The second-order valence-electron chi connectivity index (χ2n) is 7.61. The number of benzene rings is 2. The number of methoxy groups -OCH3 is 1. The predicted molar refractivity (Wildman–Crippen MR) is 117 cm³/mol. The first-order valence-corrected chi connectivity index (χ1v) is 10.5. The Bertz CT molecular complexity index is 1130. The molecule has 0 radical (unpaired) electrons. The maximum absolute atomic E-state index is 13.4. The van der Waals surface area contributed by atoms with E-state index in [1.54, 1.807) is 29.2 Å². The molecule has 1 aliphatic heterocycles. The summed E-state index contributed by atoms with van der Waals surface area (Å²) in [5, 5.41) is 6.67. The van der Waals surface area contributed by atoms with Gasteiger partial charge in [-0.3, -0.25) is 14.5 Å². The Labute approximate surface area is 190 Å². The number of carbonyl (C=O) groups is 2. The lowest BCUT2D eigenvalue weighted by Gasteiger charge is -2.34. The van der Waals surface area contributed by atoms with Crippen LogP contribution in [0.5, 0.6) is 5.75 Å². The van der Waals surface area contributed by atoms with Crippen LogP contribution in [-0.4, -0.2) is 65.0 Å². The van der Waals surface area contributed by atoms with Crippen molar-refractivity contribution in [2.75, 3.05) is 38.6 Å². The second-order valence-corrected chi connectivity index (χ2v) is 7.61. The van der Waals surface area contributed by atoms with Gasteiger partial charge < -0.3 is 19.5 Å². The molecule has 0 bridgehead atoms. The van der Waals surface area contributed by atoms with Crippen molar-refractivity contribution in [2.45, 2.75) is 13.0 Å². The molecular weight excluding hydrogens is 429 g/mol. The Morgan fingerprint density at radius 3 is 2.67 bits per heavy atom. The molecule has 2 heterocycles. The normalized spacial score (nSPS) is 14.2. The molecule has 1 aromatic heterocycles. The van der Waals surface area contributed by atoms with E-state index in [2.05, 4.69) is 20.4 Å². The summed E-state index contributed by atoms with van der Waals surface area (Å²) in [6, 6.07) is 12.8. The minimum Gasteiger partial charge on any atom is -0.495 e. The Kier molecular flexibility index (Phi) is 6.94. The SMILES string of the molecule is COc1ccccc1NC(=O)Cc1noc(CN2CCN(C(=O)c3cccc(F)c3)CC2)n1. The number of aromatic nitrogens is 2. The fourth-order valence-corrected chi connectivity index (χ4v) is 3.62. The fraction of sp³-hybridized carbons (Fsp3) is 0.304. The standard InChI is InChI=1S/C23H24FN5O4/c1-32-19-8-3-2-7-18(19)25-21(30)14-20-26-22(33-27-20)15-28-9-11-29(12-10-28)23(31)16-5-4-6-17(24)13-16/h2-8,13H,9-12,14-15H2,1H3,(H,25,30). The molecule has 9 nitrogen and oxygen atoms in total. The fourth-order valence-electron chi connectivity index (χ4n) is 3.62. The highest BCUT2D eigenvalue weighted by molar-refractivity contribution is 5.94. The Morgan fingerprint density at radius 1 is 1.12 bits per heavy atom. The Morgan fingerprint density at radius 2 is 1.91 bits per heavy atom. The number of hydrogen-bond donors (Lipinski definition) is 1. The zero-order chi connectivity index (χ0) is 23.2. The number of para-hydroxylation sites is 2. The van der Waals surface area contributed by atoms with Crippen LogP contribution >= 0.6 is 0 Å². The lowest BCUT2D eigenvalue weighted by Crippen LogP contribution is -2.48. The average Bonchev–Trinajstić information content (AvgIpc) is 3.25. The van der Waals surface area contributed by atoms with E-state index in [4.69, 9.17) is 9.26 Å². The molecule has 1 saturated heterocycles. The zero-order valence-electron chi connectivity index (χ0n) is 18.2. The summed E-state index contributed by atoms with van der Waals surface area (Å²) in [4.78, 5) is 33.0. The summed E-state index contributed by atoms with van der Waals surface area (Å²) in [7, 11) is 1.54. The number of halogens is 1. The van der Waals surface area contributed by atoms with Gasteiger partial charge in [0.15, 0.2) is 5.82 Å². The number of nitrogens with one attached hydrogen (secondary N) is 1. The van der Waals surface area contributed by atoms with Crippen molar-refractivity contribution < 1.29 is 23.2 Å². The maximum Gasteiger partial charge on any atom is 0.254 e. The van der Waals surface area contributed by atoms with E-state index in [0.29, 0.717) is 55.6 Å². The van der Waals surface area contributed by atoms with Crippen LogP contribution in [0.25, 0.3) is 0 Å². The van der Waals surface area contributed by atoms with E-state index in [1.807, 2.05) is 6.07 Å². The van der Waals surface area contributed by atoms with Crippen molar-refractivity contribution in [1.82, 2.24) is 19.9 Å². The van der Waals surface area contributed by atoms with E-state index in [-0.39, 0.29) is 24.1 Å². The first kappa shape index (κ1) is 22.4. The van der Waals surface area contributed by atoms with Gasteiger partial charge in [-0.15, -0.1) is 0 Å². The van der Waals surface area contributed by atoms with E-state index in [9.17, 15) is 14.0 Å². The van der Waals surface area contributed by atoms with Gasteiger partial charge in [0.2, 0.25) is 11.8 Å². The number of piperazine rings is 1. The van der Waals surface area contributed by atoms with Gasteiger partial charge in [0.1, 0.15) is 11.6 Å². The highest BCUT2D eigenvalue weighted by atomic mass is 19.1. The van der Waals surface area contributed by atoms with E-state index in [1.165, 1.54) is 25.3 Å². The second kappa shape index (κ2) is 10.2. The molecule has 2 amide bonds. The summed E-state index contributed by atoms with van der Waals surface area (Å²) >= 11 is 0. The number of nitrogens with zero attached hydrogens (tertiary/aromatic N) is 4. The number of amides is 2. The van der Waals surface area contributed by atoms with Gasteiger partial charge >= 0.3 is 0 Å². The molecular formula is C23H24FN5O4. The molecule has 0 unspecified atom stereocenters. The first-order chi connectivity index (χ1) is 16.0. The van der Waals surface area contributed by atoms with E-state index >= 15 is 0 Å². The Hall–Kier alpha value is -3.79. The summed E-state index contributed by atoms with van der Waals surface area (Å²) in [5.74, 6) is 0.363. The number of hydrogen-bond acceptors (Lipinski definition) is 7. The van der Waals surface area contributed by atoms with Crippen LogP contribution in [-0.2, 0) is 17.8 Å². The van der Waals surface area contributed by atoms with Crippen LogP contribution < -0.4 is 10.1 Å². The third-order valence-corrected chi connectivity index (χ3v) is 5.30. The molecule has 0 saturated carbocycles. The van der Waals surface area contributed by atoms with Crippen LogP contribution in [0, 0.1) is 5.82 Å². The van der Waals surface area contributed by atoms with E-state index < -0.39 is 5.82 Å². The smallest absolute Gasteiger partial charge is 0.254 e. The van der Waals surface area contributed by atoms with Crippen molar-refractivity contribution >= 4 is 17.5 Å². The van der Waals surface area contributed by atoms with Crippen LogP contribution in [0.2, 0.25) is 0 Å². The van der Waals surface area contributed by atoms with Crippen LogP contribution in [0.15, 0.2) is 53.1 Å². The van der Waals surface area contributed by atoms with Gasteiger partial charge in [-0.1, -0.05) is 23.4 Å². The topological polar surface area (TPSA) is 101 Å². The largest absolute Gasteiger partial charge is 0.495 e. The average molecular weight is 453 g/mol. The third-order valence-electron chi connectivity index (χ3n) is 5.30.